The highest BCUT2D eigenvalue weighted by molar-refractivity contribution is 6.00. The van der Waals surface area contributed by atoms with Crippen molar-refractivity contribution in [2.75, 3.05) is 0 Å². The summed E-state index contributed by atoms with van der Waals surface area (Å²) in [7, 11) is 0. The standard InChI is InChI=1S/C14H16F2O/c1-2-14(7-3-4-8-14)13(17)11-9-10(15)5-6-12(11)16/h5-6,9H,2-4,7-8H2,1H3. The van der Waals surface area contributed by atoms with Crippen LogP contribution in [0.1, 0.15) is 49.4 Å². The Morgan fingerprint density at radius 3 is 2.53 bits per heavy atom. The second-order valence-electron chi connectivity index (χ2n) is 4.79. The Balaban J connectivity index is 2.39. The van der Waals surface area contributed by atoms with Crippen LogP contribution in [0, 0.1) is 17.0 Å². The molecule has 3 heteroatoms. The van der Waals surface area contributed by atoms with Crippen molar-refractivity contribution in [2.24, 2.45) is 5.41 Å². The van der Waals surface area contributed by atoms with E-state index in [-0.39, 0.29) is 11.3 Å². The number of benzene rings is 1. The number of halogens is 2. The molecular weight excluding hydrogens is 222 g/mol. The Morgan fingerprint density at radius 2 is 1.94 bits per heavy atom. The molecule has 1 saturated carbocycles. The quantitative estimate of drug-likeness (QED) is 0.724. The Hall–Kier alpha value is -1.25. The van der Waals surface area contributed by atoms with E-state index in [1.165, 1.54) is 0 Å². The van der Waals surface area contributed by atoms with Crippen molar-refractivity contribution < 1.29 is 13.6 Å². The highest BCUT2D eigenvalue weighted by atomic mass is 19.1. The van der Waals surface area contributed by atoms with Crippen molar-refractivity contribution in [1.29, 1.82) is 0 Å². The van der Waals surface area contributed by atoms with E-state index >= 15 is 0 Å². The number of rotatable bonds is 3. The molecule has 1 aromatic rings. The van der Waals surface area contributed by atoms with Crippen LogP contribution in [0.2, 0.25) is 0 Å². The molecule has 1 fully saturated rings. The molecule has 0 spiro atoms. The van der Waals surface area contributed by atoms with Gasteiger partial charge in [0.25, 0.3) is 0 Å². The summed E-state index contributed by atoms with van der Waals surface area (Å²) in [6.45, 7) is 1.94. The molecule has 0 amide bonds. The van der Waals surface area contributed by atoms with Gasteiger partial charge < -0.3 is 0 Å². The van der Waals surface area contributed by atoms with Crippen LogP contribution in [0.4, 0.5) is 8.78 Å². The van der Waals surface area contributed by atoms with Gasteiger partial charge in [-0.25, -0.2) is 8.78 Å². The molecule has 1 aliphatic carbocycles. The van der Waals surface area contributed by atoms with Crippen molar-refractivity contribution in [2.45, 2.75) is 39.0 Å². The van der Waals surface area contributed by atoms with Gasteiger partial charge in [-0.15, -0.1) is 0 Å². The first-order valence-electron chi connectivity index (χ1n) is 6.09. The van der Waals surface area contributed by atoms with E-state index in [9.17, 15) is 13.6 Å². The van der Waals surface area contributed by atoms with Crippen LogP contribution in [0.3, 0.4) is 0 Å². The molecule has 92 valence electrons. The third-order valence-corrected chi connectivity index (χ3v) is 3.89. The molecule has 0 aliphatic heterocycles. The summed E-state index contributed by atoms with van der Waals surface area (Å²) in [6.07, 6.45) is 4.27. The summed E-state index contributed by atoms with van der Waals surface area (Å²) >= 11 is 0. The van der Waals surface area contributed by atoms with Gasteiger partial charge in [-0.05, 0) is 37.5 Å². The van der Waals surface area contributed by atoms with E-state index in [1.807, 2.05) is 6.92 Å². The molecule has 1 aliphatic rings. The van der Waals surface area contributed by atoms with Gasteiger partial charge in [-0.1, -0.05) is 19.8 Å². The van der Waals surface area contributed by atoms with E-state index in [2.05, 4.69) is 0 Å². The average molecular weight is 238 g/mol. The Bertz CT molecular complexity index is 434. The molecule has 0 heterocycles. The zero-order chi connectivity index (χ0) is 12.5. The van der Waals surface area contributed by atoms with Crippen molar-refractivity contribution in [3.05, 3.63) is 35.4 Å². The SMILES string of the molecule is CCC1(C(=O)c2cc(F)ccc2F)CCCC1. The summed E-state index contributed by atoms with van der Waals surface area (Å²) < 4.78 is 26.7. The Kier molecular flexibility index (Phi) is 3.27. The highest BCUT2D eigenvalue weighted by Crippen LogP contribution is 2.43. The molecule has 2 rings (SSSR count). The van der Waals surface area contributed by atoms with Crippen molar-refractivity contribution >= 4 is 5.78 Å². The fourth-order valence-electron chi connectivity index (χ4n) is 2.75. The maximum absolute atomic E-state index is 13.6. The van der Waals surface area contributed by atoms with Crippen LogP contribution < -0.4 is 0 Å². The normalized spacial score (nSPS) is 18.3. The lowest BCUT2D eigenvalue weighted by Crippen LogP contribution is -2.28. The second kappa shape index (κ2) is 4.55. The third kappa shape index (κ3) is 2.11. The monoisotopic (exact) mass is 238 g/mol. The van der Waals surface area contributed by atoms with E-state index in [0.717, 1.165) is 43.9 Å². The van der Waals surface area contributed by atoms with Gasteiger partial charge in [0, 0.05) is 5.41 Å². The van der Waals surface area contributed by atoms with Gasteiger partial charge in [-0.3, -0.25) is 4.79 Å². The van der Waals surface area contributed by atoms with Crippen LogP contribution in [0.15, 0.2) is 18.2 Å². The summed E-state index contributed by atoms with van der Waals surface area (Å²) in [4.78, 5) is 12.4. The molecule has 1 nitrogen and oxygen atoms in total. The number of hydrogen-bond donors (Lipinski definition) is 0. The first-order valence-corrected chi connectivity index (χ1v) is 6.09. The van der Waals surface area contributed by atoms with Gasteiger partial charge in [0.2, 0.25) is 0 Å². The molecule has 1 aromatic carbocycles. The van der Waals surface area contributed by atoms with Gasteiger partial charge in [0.15, 0.2) is 5.78 Å². The van der Waals surface area contributed by atoms with Crippen LogP contribution in [-0.2, 0) is 0 Å². The van der Waals surface area contributed by atoms with E-state index < -0.39 is 17.0 Å². The average Bonchev–Trinajstić information content (AvgIpc) is 2.81. The first kappa shape index (κ1) is 12.2. The molecule has 0 bridgehead atoms. The third-order valence-electron chi connectivity index (χ3n) is 3.89. The number of Topliss-reactive ketones (excluding diaryl/α,β-unsaturated/α-hetero) is 1. The van der Waals surface area contributed by atoms with Crippen molar-refractivity contribution in [1.82, 2.24) is 0 Å². The summed E-state index contributed by atoms with van der Waals surface area (Å²) in [5.74, 6) is -1.40. The predicted octanol–water partition coefficient (Wildman–Crippen LogP) is 4.12. The number of ketones is 1. The molecule has 0 aromatic heterocycles. The molecule has 0 saturated heterocycles. The van der Waals surface area contributed by atoms with E-state index in [0.29, 0.717) is 6.42 Å². The van der Waals surface area contributed by atoms with Gasteiger partial charge >= 0.3 is 0 Å². The Labute approximate surface area is 99.8 Å². The van der Waals surface area contributed by atoms with E-state index in [4.69, 9.17) is 0 Å². The first-order chi connectivity index (χ1) is 8.09. The minimum absolute atomic E-state index is 0.0891. The fraction of sp³-hybridized carbons (Fsp3) is 0.500. The lowest BCUT2D eigenvalue weighted by molar-refractivity contribution is 0.0786. The minimum atomic E-state index is -0.615. The highest BCUT2D eigenvalue weighted by Gasteiger charge is 2.40. The van der Waals surface area contributed by atoms with Crippen LogP contribution in [-0.4, -0.2) is 5.78 Å². The van der Waals surface area contributed by atoms with Crippen molar-refractivity contribution in [3.63, 3.8) is 0 Å². The molecule has 0 N–H and O–H groups in total. The lowest BCUT2D eigenvalue weighted by atomic mass is 9.76. The summed E-state index contributed by atoms with van der Waals surface area (Å²) in [6, 6.07) is 3.09. The minimum Gasteiger partial charge on any atom is -0.293 e. The largest absolute Gasteiger partial charge is 0.293 e. The zero-order valence-electron chi connectivity index (χ0n) is 9.93. The summed E-state index contributed by atoms with van der Waals surface area (Å²) in [5.41, 5.74) is -0.553. The van der Waals surface area contributed by atoms with Crippen molar-refractivity contribution in [3.8, 4) is 0 Å². The second-order valence-corrected chi connectivity index (χ2v) is 4.79. The van der Waals surface area contributed by atoms with Gasteiger partial charge in [0.1, 0.15) is 11.6 Å². The predicted molar refractivity (Wildman–Crippen MR) is 61.9 cm³/mol. The summed E-state index contributed by atoms with van der Waals surface area (Å²) in [5, 5.41) is 0. The van der Waals surface area contributed by atoms with Crippen LogP contribution in [0.5, 0.6) is 0 Å². The van der Waals surface area contributed by atoms with E-state index in [1.54, 1.807) is 0 Å². The topological polar surface area (TPSA) is 17.1 Å². The van der Waals surface area contributed by atoms with Gasteiger partial charge in [0.05, 0.1) is 5.56 Å². The van der Waals surface area contributed by atoms with Gasteiger partial charge in [-0.2, -0.15) is 0 Å². The smallest absolute Gasteiger partial charge is 0.172 e. The maximum atomic E-state index is 13.6. The van der Waals surface area contributed by atoms with Crippen LogP contribution in [0.25, 0.3) is 0 Å². The number of carbonyl (C=O) groups is 1. The molecule has 17 heavy (non-hydrogen) atoms. The molecule has 0 atom stereocenters. The maximum Gasteiger partial charge on any atom is 0.172 e. The van der Waals surface area contributed by atoms with Crippen LogP contribution >= 0.6 is 0 Å². The zero-order valence-corrected chi connectivity index (χ0v) is 9.93. The molecule has 0 radical (unpaired) electrons. The lowest BCUT2D eigenvalue weighted by Gasteiger charge is -2.25. The molecular formula is C14H16F2O. The Morgan fingerprint density at radius 1 is 1.29 bits per heavy atom. The fourth-order valence-corrected chi connectivity index (χ4v) is 2.75. The molecule has 0 unspecified atom stereocenters. The number of carbonyl (C=O) groups excluding carboxylic acids is 1. The number of hydrogen-bond acceptors (Lipinski definition) is 1.